The summed E-state index contributed by atoms with van der Waals surface area (Å²) in [5, 5.41) is 0. The van der Waals surface area contributed by atoms with Crippen LogP contribution >= 0.6 is 23.5 Å². The van der Waals surface area contributed by atoms with Crippen molar-refractivity contribution >= 4 is 23.5 Å². The van der Waals surface area contributed by atoms with Crippen LogP contribution in [0.5, 0.6) is 0 Å². The molecule has 0 aliphatic carbocycles. The van der Waals surface area contributed by atoms with Gasteiger partial charge in [0.25, 0.3) is 0 Å². The minimum atomic E-state index is -5.23. The normalized spacial score (nSPS) is 17.2. The number of rotatable bonds is 16. The van der Waals surface area contributed by atoms with Crippen molar-refractivity contribution in [3.05, 3.63) is 0 Å². The predicted molar refractivity (Wildman–Crippen MR) is 92.0 cm³/mol. The monoisotopic (exact) mass is 426 g/mol. The van der Waals surface area contributed by atoms with Crippen molar-refractivity contribution in [3.63, 3.8) is 0 Å². The second kappa shape index (κ2) is 12.7. The van der Waals surface area contributed by atoms with Crippen LogP contribution in [0.2, 0.25) is 0 Å². The molecule has 0 aliphatic heterocycles. The summed E-state index contributed by atoms with van der Waals surface area (Å²) in [6.45, 7) is 5.32. The molecule has 0 fully saturated rings. The molecule has 2 atom stereocenters. The van der Waals surface area contributed by atoms with Gasteiger partial charge in [0.2, 0.25) is 0 Å². The summed E-state index contributed by atoms with van der Waals surface area (Å²) in [5.41, 5.74) is 0. The molecule has 0 saturated heterocycles. The second-order valence-electron chi connectivity index (χ2n) is 5.11. The first-order chi connectivity index (χ1) is 11.6. The zero-order chi connectivity index (χ0) is 19.4. The summed E-state index contributed by atoms with van der Waals surface area (Å²) in [5.74, 6) is 0. The molecule has 10 nitrogen and oxygen atoms in total. The van der Waals surface area contributed by atoms with Gasteiger partial charge in [-0.15, -0.1) is 0 Å². The lowest BCUT2D eigenvalue weighted by Crippen LogP contribution is -2.04. The second-order valence-corrected chi connectivity index (χ2v) is 9.96. The van der Waals surface area contributed by atoms with Crippen LogP contribution in [0.3, 0.4) is 0 Å². The van der Waals surface area contributed by atoms with E-state index >= 15 is 0 Å². The lowest BCUT2D eigenvalue weighted by Gasteiger charge is -2.21. The highest BCUT2D eigenvalue weighted by Gasteiger charge is 2.43. The SMILES string of the molecule is CCCCOP(=O)(O)OP(=O)(O)OP(=O)(OCCCC)OCCCC. The van der Waals surface area contributed by atoms with E-state index in [1.54, 1.807) is 0 Å². The molecule has 25 heavy (non-hydrogen) atoms. The Bertz CT molecular complexity index is 484. The quantitative estimate of drug-likeness (QED) is 0.262. The van der Waals surface area contributed by atoms with Crippen LogP contribution in [0.4, 0.5) is 0 Å². The Hall–Kier alpha value is 0.410. The summed E-state index contributed by atoms with van der Waals surface area (Å²) in [6.07, 6.45) is 3.60. The van der Waals surface area contributed by atoms with Crippen molar-refractivity contribution in [1.82, 2.24) is 0 Å². The highest BCUT2D eigenvalue weighted by Crippen LogP contribution is 2.69. The molecule has 0 bridgehead atoms. The highest BCUT2D eigenvalue weighted by atomic mass is 31.3. The molecule has 13 heteroatoms. The predicted octanol–water partition coefficient (Wildman–Crippen LogP) is 4.78. The zero-order valence-corrected chi connectivity index (χ0v) is 17.5. The Balaban J connectivity index is 4.88. The average Bonchev–Trinajstić information content (AvgIpc) is 2.46. The fourth-order valence-corrected chi connectivity index (χ4v) is 5.49. The molecular weight excluding hydrogens is 397 g/mol. The first-order valence-corrected chi connectivity index (χ1v) is 12.7. The number of unbranched alkanes of at least 4 members (excludes halogenated alkanes) is 3. The molecule has 2 unspecified atom stereocenters. The number of phosphoric ester groups is 2. The van der Waals surface area contributed by atoms with Gasteiger partial charge >= 0.3 is 23.5 Å². The van der Waals surface area contributed by atoms with E-state index in [-0.39, 0.29) is 19.8 Å². The van der Waals surface area contributed by atoms with Gasteiger partial charge in [0, 0.05) is 0 Å². The molecule has 0 saturated carbocycles. The van der Waals surface area contributed by atoms with Gasteiger partial charge in [-0.25, -0.2) is 13.7 Å². The third kappa shape index (κ3) is 13.3. The van der Waals surface area contributed by atoms with Gasteiger partial charge in [0.15, 0.2) is 0 Å². The van der Waals surface area contributed by atoms with Crippen LogP contribution in [0.1, 0.15) is 59.3 Å². The molecule has 0 spiro atoms. The topological polar surface area (TPSA) is 138 Å². The van der Waals surface area contributed by atoms with E-state index in [9.17, 15) is 23.5 Å². The fourth-order valence-electron chi connectivity index (χ4n) is 1.35. The minimum Gasteiger partial charge on any atom is -0.302 e. The molecule has 0 aromatic rings. The van der Waals surface area contributed by atoms with Crippen molar-refractivity contribution in [1.29, 1.82) is 0 Å². The van der Waals surface area contributed by atoms with E-state index < -0.39 is 23.5 Å². The van der Waals surface area contributed by atoms with Gasteiger partial charge < -0.3 is 9.79 Å². The number of hydrogen-bond donors (Lipinski definition) is 2. The molecule has 0 aliphatic rings. The third-order valence-corrected chi connectivity index (χ3v) is 7.44. The average molecular weight is 426 g/mol. The molecule has 0 amide bonds. The van der Waals surface area contributed by atoms with Crippen molar-refractivity contribution in [2.24, 2.45) is 0 Å². The smallest absolute Gasteiger partial charge is 0.302 e. The Morgan fingerprint density at radius 1 is 0.640 bits per heavy atom. The van der Waals surface area contributed by atoms with E-state index in [2.05, 4.69) is 13.1 Å². The first-order valence-electron chi connectivity index (χ1n) is 8.21. The summed E-state index contributed by atoms with van der Waals surface area (Å²) >= 11 is 0. The van der Waals surface area contributed by atoms with Gasteiger partial charge in [0.05, 0.1) is 19.8 Å². The summed E-state index contributed by atoms with van der Waals surface area (Å²) < 4.78 is 59.0. The van der Waals surface area contributed by atoms with Crippen molar-refractivity contribution < 1.29 is 45.7 Å². The minimum absolute atomic E-state index is 0.0380. The molecule has 0 heterocycles. The fraction of sp³-hybridized carbons (Fsp3) is 1.00. The molecule has 0 aromatic heterocycles. The van der Waals surface area contributed by atoms with E-state index in [0.717, 1.165) is 12.8 Å². The standard InChI is InChI=1S/C12H29O10P3/c1-4-7-10-18-23(13,14)21-24(15,16)22-25(17,19-11-8-5-2)20-12-9-6-3/h4-12H2,1-3H3,(H,13,14)(H,15,16). The van der Waals surface area contributed by atoms with Gasteiger partial charge in [0.1, 0.15) is 0 Å². The maximum Gasteiger partial charge on any atom is 0.490 e. The van der Waals surface area contributed by atoms with Crippen molar-refractivity contribution in [3.8, 4) is 0 Å². The largest absolute Gasteiger partial charge is 0.490 e. The molecule has 152 valence electrons. The lowest BCUT2D eigenvalue weighted by atomic mass is 10.4. The maximum atomic E-state index is 12.4. The Labute approximate surface area is 149 Å². The first kappa shape index (κ1) is 25.4. The lowest BCUT2D eigenvalue weighted by molar-refractivity contribution is 0.130. The van der Waals surface area contributed by atoms with E-state index in [1.807, 2.05) is 20.8 Å². The molecule has 0 radical (unpaired) electrons. The van der Waals surface area contributed by atoms with Gasteiger partial charge in [-0.2, -0.15) is 8.62 Å². The molecule has 0 aromatic carbocycles. The number of phosphoric acid groups is 3. The van der Waals surface area contributed by atoms with E-state index in [0.29, 0.717) is 25.7 Å². The van der Waals surface area contributed by atoms with Crippen LogP contribution < -0.4 is 0 Å². The summed E-state index contributed by atoms with van der Waals surface area (Å²) in [4.78, 5) is 19.1. The summed E-state index contributed by atoms with van der Waals surface area (Å²) in [6, 6.07) is 0. The zero-order valence-electron chi connectivity index (χ0n) is 14.9. The maximum absolute atomic E-state index is 12.4. The Morgan fingerprint density at radius 2 is 1.04 bits per heavy atom. The van der Waals surface area contributed by atoms with Crippen LogP contribution in [-0.4, -0.2) is 29.6 Å². The molecule has 0 rings (SSSR count). The third-order valence-electron chi connectivity index (χ3n) is 2.66. The van der Waals surface area contributed by atoms with E-state index in [4.69, 9.17) is 9.05 Å². The van der Waals surface area contributed by atoms with Gasteiger partial charge in [-0.1, -0.05) is 40.0 Å². The number of hydrogen-bond acceptors (Lipinski definition) is 8. The molecular formula is C12H29O10P3. The van der Waals surface area contributed by atoms with Crippen LogP contribution in [0.15, 0.2) is 0 Å². The van der Waals surface area contributed by atoms with Crippen LogP contribution in [0, 0.1) is 0 Å². The van der Waals surface area contributed by atoms with Crippen molar-refractivity contribution in [2.75, 3.05) is 19.8 Å². The Morgan fingerprint density at radius 3 is 1.44 bits per heavy atom. The summed E-state index contributed by atoms with van der Waals surface area (Å²) in [7, 11) is -14.5. The Kier molecular flexibility index (Phi) is 12.9. The van der Waals surface area contributed by atoms with Gasteiger partial charge in [-0.05, 0) is 19.3 Å². The van der Waals surface area contributed by atoms with Gasteiger partial charge in [-0.3, -0.25) is 13.6 Å². The molecule has 2 N–H and O–H groups in total. The van der Waals surface area contributed by atoms with Crippen LogP contribution in [0.25, 0.3) is 0 Å². The van der Waals surface area contributed by atoms with E-state index in [1.165, 1.54) is 0 Å². The highest BCUT2D eigenvalue weighted by molar-refractivity contribution is 7.67. The van der Waals surface area contributed by atoms with Crippen LogP contribution in [-0.2, 0) is 35.9 Å². The van der Waals surface area contributed by atoms with Crippen molar-refractivity contribution in [2.45, 2.75) is 59.3 Å².